The quantitative estimate of drug-likeness (QED) is 0.209. The van der Waals surface area contributed by atoms with Crippen molar-refractivity contribution in [3.8, 4) is 39.5 Å². The minimum Gasteiger partial charge on any atom is -0.495 e. The zero-order chi connectivity index (χ0) is 41.9. The molecule has 2 aliphatic carbocycles. The normalized spacial score (nSPS) is 18.5. The highest BCUT2D eigenvalue weighted by atomic mass is 35.5. The highest BCUT2D eigenvalue weighted by Crippen LogP contribution is 2.44. The highest BCUT2D eigenvalue weighted by molar-refractivity contribution is 6.29. The van der Waals surface area contributed by atoms with Gasteiger partial charge in [-0.1, -0.05) is 11.6 Å². The first-order valence-electron chi connectivity index (χ1n) is 20.5. The van der Waals surface area contributed by atoms with Gasteiger partial charge in [0.1, 0.15) is 16.5 Å². The third-order valence-corrected chi connectivity index (χ3v) is 13.2. The van der Waals surface area contributed by atoms with Crippen LogP contribution in [0.25, 0.3) is 33.8 Å². The number of amides is 3. The first kappa shape index (κ1) is 38.5. The molecule has 0 unspecified atom stereocenters. The summed E-state index contributed by atoms with van der Waals surface area (Å²) >= 11 is 6.17. The summed E-state index contributed by atoms with van der Waals surface area (Å²) in [5.41, 5.74) is 13.6. The summed E-state index contributed by atoms with van der Waals surface area (Å²) in [6, 6.07) is 5.97. The first-order chi connectivity index (χ1) is 28.7. The number of fused-ring (bicyclic) bond motifs is 10. The van der Waals surface area contributed by atoms with Gasteiger partial charge in [0, 0.05) is 99.8 Å². The average Bonchev–Trinajstić information content (AvgIpc) is 3.66. The van der Waals surface area contributed by atoms with E-state index in [0.717, 1.165) is 113 Å². The molecule has 0 atom stereocenters. The second kappa shape index (κ2) is 13.6. The fourth-order valence-corrected chi connectivity index (χ4v) is 10.3. The molecular weight excluding hydrogens is 782 g/mol. The number of methoxy groups -OCH3 is 1. The number of nitrogens with one attached hydrogen (secondary N) is 3. The lowest BCUT2D eigenvalue weighted by Gasteiger charge is -2.51. The number of aryl methyl sites for hydroxylation is 2. The van der Waals surface area contributed by atoms with Gasteiger partial charge in [0.05, 0.1) is 52.6 Å². The van der Waals surface area contributed by atoms with Crippen LogP contribution in [0.15, 0.2) is 43.0 Å². The van der Waals surface area contributed by atoms with Crippen molar-refractivity contribution >= 4 is 29.5 Å². The largest absolute Gasteiger partial charge is 0.495 e. The highest BCUT2D eigenvalue weighted by Gasteiger charge is 2.52. The van der Waals surface area contributed by atoms with Gasteiger partial charge in [-0.25, -0.2) is 9.78 Å². The number of carbonyl (C=O) groups is 3. The van der Waals surface area contributed by atoms with Crippen LogP contribution in [0.2, 0.25) is 5.15 Å². The van der Waals surface area contributed by atoms with Gasteiger partial charge in [0.2, 0.25) is 0 Å². The lowest BCUT2D eigenvalue weighted by atomic mass is 9.80. The fourth-order valence-electron chi connectivity index (χ4n) is 10.2. The standard InChI is InChI=1S/C23H23N5O2.C22H25ClN4O3/c1-28-19-7-23(11-25-12-23)27-22(29)20(19)16-4-3-13-9-26-18(6-17(13)21(16)28)14-5-15(30-2)10-24-8-14;1-21(2,3)30-20(29)27-10-22(11-27)8-15-17(19(28)25-22)13-6-5-12-9-24-16(23)7-14(12)18(13)26(15)4/h5-6,8-10,25H,3-4,7,11-12H2,1-2H3,(H,27,29);7,9H,5-6,8,10-11H2,1-4H3,(H,25,28). The van der Waals surface area contributed by atoms with E-state index in [4.69, 9.17) is 26.1 Å². The Hall–Kier alpha value is -5.73. The molecular formula is C45H48ClN9O5. The summed E-state index contributed by atoms with van der Waals surface area (Å²) in [5, 5.41) is 10.2. The van der Waals surface area contributed by atoms with Crippen LogP contribution >= 0.6 is 11.6 Å². The molecule has 4 aliphatic heterocycles. The van der Waals surface area contributed by atoms with E-state index in [2.05, 4.69) is 48.2 Å². The van der Waals surface area contributed by atoms with E-state index in [0.29, 0.717) is 30.4 Å². The number of halogens is 1. The second-order valence-corrected chi connectivity index (χ2v) is 18.6. The number of hydrogen-bond donors (Lipinski definition) is 3. The number of rotatable bonds is 2. The van der Waals surface area contributed by atoms with E-state index in [-0.39, 0.29) is 23.4 Å². The number of likely N-dealkylation sites (tertiary alicyclic amines) is 1. The molecule has 15 heteroatoms. The van der Waals surface area contributed by atoms with E-state index in [1.165, 1.54) is 11.1 Å². The predicted octanol–water partition coefficient (Wildman–Crippen LogP) is 5.00. The number of hydrogen-bond acceptors (Lipinski definition) is 9. The molecule has 6 aliphatic rings. The van der Waals surface area contributed by atoms with Crippen LogP contribution in [0.1, 0.15) is 75.1 Å². The molecule has 2 saturated heterocycles. The van der Waals surface area contributed by atoms with Gasteiger partial charge >= 0.3 is 6.09 Å². The first-order valence-corrected chi connectivity index (χ1v) is 20.9. The molecule has 2 fully saturated rings. The van der Waals surface area contributed by atoms with E-state index < -0.39 is 11.1 Å². The van der Waals surface area contributed by atoms with E-state index in [9.17, 15) is 14.4 Å². The van der Waals surface area contributed by atoms with Crippen LogP contribution < -0.4 is 20.7 Å². The van der Waals surface area contributed by atoms with E-state index in [1.54, 1.807) is 24.4 Å². The molecule has 0 radical (unpaired) electrons. The van der Waals surface area contributed by atoms with Gasteiger partial charge in [-0.2, -0.15) is 0 Å². The maximum atomic E-state index is 13.2. The molecule has 3 N–H and O–H groups in total. The van der Waals surface area contributed by atoms with Crippen molar-refractivity contribution in [2.24, 2.45) is 14.1 Å². The van der Waals surface area contributed by atoms with Crippen LogP contribution in [-0.4, -0.2) is 96.9 Å². The topological polar surface area (TPSA) is 158 Å². The zero-order valence-electron chi connectivity index (χ0n) is 34.7. The van der Waals surface area contributed by atoms with Crippen LogP contribution in [0.3, 0.4) is 0 Å². The fraction of sp³-hybridized carbons (Fsp3) is 0.422. The molecule has 5 aromatic heterocycles. The Morgan fingerprint density at radius 1 is 0.783 bits per heavy atom. The Bertz CT molecular complexity index is 2670. The van der Waals surface area contributed by atoms with Crippen molar-refractivity contribution in [3.63, 3.8) is 0 Å². The van der Waals surface area contributed by atoms with Crippen molar-refractivity contribution in [2.45, 2.75) is 76.0 Å². The molecule has 3 amide bonds. The van der Waals surface area contributed by atoms with Gasteiger partial charge in [0.15, 0.2) is 0 Å². The minimum atomic E-state index is -0.538. The average molecular weight is 830 g/mol. The second-order valence-electron chi connectivity index (χ2n) is 18.2. The van der Waals surface area contributed by atoms with Crippen LogP contribution in [0, 0.1) is 0 Å². The Morgan fingerprint density at radius 3 is 1.95 bits per heavy atom. The Kier molecular flexibility index (Phi) is 8.75. The van der Waals surface area contributed by atoms with Crippen molar-refractivity contribution in [2.75, 3.05) is 33.3 Å². The van der Waals surface area contributed by atoms with Crippen LogP contribution in [-0.2, 0) is 57.4 Å². The minimum absolute atomic E-state index is 0.0551. The van der Waals surface area contributed by atoms with Gasteiger partial charge in [-0.3, -0.25) is 19.6 Å². The Labute approximate surface area is 353 Å². The Morgan fingerprint density at radius 2 is 1.37 bits per heavy atom. The van der Waals surface area contributed by atoms with Gasteiger partial charge in [-0.15, -0.1) is 0 Å². The lowest BCUT2D eigenvalue weighted by Crippen LogP contribution is -2.74. The summed E-state index contributed by atoms with van der Waals surface area (Å²) in [6.07, 6.45) is 11.9. The van der Waals surface area contributed by atoms with Crippen molar-refractivity contribution in [1.29, 1.82) is 0 Å². The molecule has 0 saturated carbocycles. The molecule has 0 bridgehead atoms. The maximum absolute atomic E-state index is 13.2. The van der Waals surface area contributed by atoms with Crippen LogP contribution in [0.5, 0.6) is 5.75 Å². The third kappa shape index (κ3) is 6.17. The molecule has 14 nitrogen and oxygen atoms in total. The summed E-state index contributed by atoms with van der Waals surface area (Å²) in [4.78, 5) is 53.4. The lowest BCUT2D eigenvalue weighted by molar-refractivity contribution is -0.0170. The SMILES string of the molecule is COc1cncc(-c2cc3c(cn2)CCc2c4c(n(C)c2-3)CC2(CNC2)NC4=O)c1.Cn1c2c(c3c1-c1cc(Cl)ncc1CC3)C(=O)NC1(C2)CN(C(=O)OC(C)(C)C)C1. The molecule has 0 aromatic carbocycles. The number of aromatic nitrogens is 5. The number of ether oxygens (including phenoxy) is 2. The van der Waals surface area contributed by atoms with Crippen molar-refractivity contribution in [3.05, 3.63) is 92.9 Å². The number of pyridine rings is 3. The van der Waals surface area contributed by atoms with E-state index >= 15 is 0 Å². The summed E-state index contributed by atoms with van der Waals surface area (Å²) in [6.45, 7) is 8.13. The smallest absolute Gasteiger partial charge is 0.410 e. The van der Waals surface area contributed by atoms with Crippen molar-refractivity contribution in [1.82, 2.24) is 44.9 Å². The Balaban J connectivity index is 0.000000144. The predicted molar refractivity (Wildman–Crippen MR) is 225 cm³/mol. The third-order valence-electron chi connectivity index (χ3n) is 13.0. The van der Waals surface area contributed by atoms with Gasteiger partial charge in [0.25, 0.3) is 11.8 Å². The van der Waals surface area contributed by atoms with Gasteiger partial charge < -0.3 is 39.5 Å². The molecule has 11 rings (SSSR count). The molecule has 310 valence electrons. The zero-order valence-corrected chi connectivity index (χ0v) is 35.5. The monoisotopic (exact) mass is 829 g/mol. The maximum Gasteiger partial charge on any atom is 0.410 e. The molecule has 9 heterocycles. The van der Waals surface area contributed by atoms with Crippen molar-refractivity contribution < 1.29 is 23.9 Å². The van der Waals surface area contributed by atoms with E-state index in [1.807, 2.05) is 52.3 Å². The summed E-state index contributed by atoms with van der Waals surface area (Å²) in [7, 11) is 5.74. The summed E-state index contributed by atoms with van der Waals surface area (Å²) < 4.78 is 15.2. The number of carbonyl (C=O) groups excluding carboxylic acids is 3. The molecule has 2 spiro atoms. The van der Waals surface area contributed by atoms with Gasteiger partial charge in [-0.05, 0) is 86.9 Å². The molecule has 60 heavy (non-hydrogen) atoms. The summed E-state index contributed by atoms with van der Waals surface area (Å²) in [5.74, 6) is 0.725. The number of nitrogens with zero attached hydrogens (tertiary/aromatic N) is 6. The molecule has 5 aromatic rings. The van der Waals surface area contributed by atoms with Crippen LogP contribution in [0.4, 0.5) is 4.79 Å².